The molecule has 2 aromatic rings. The van der Waals surface area contributed by atoms with E-state index >= 15 is 0 Å². The fraction of sp³-hybridized carbons (Fsp3) is 0.500. The molecule has 0 aromatic carbocycles. The number of amides is 1. The molecule has 2 heterocycles. The van der Waals surface area contributed by atoms with Crippen LogP contribution in [-0.2, 0) is 6.42 Å². The van der Waals surface area contributed by atoms with Gasteiger partial charge in [-0.25, -0.2) is 4.98 Å². The van der Waals surface area contributed by atoms with Gasteiger partial charge in [-0.3, -0.25) is 9.89 Å². The molecule has 3 rings (SSSR count). The van der Waals surface area contributed by atoms with E-state index in [1.54, 1.807) is 28.5 Å². The molecule has 1 aliphatic rings. The number of nitrogens with one attached hydrogen (secondary N) is 1. The Morgan fingerprint density at radius 3 is 3.20 bits per heavy atom. The zero-order chi connectivity index (χ0) is 14.1. The van der Waals surface area contributed by atoms with E-state index in [1.165, 1.54) is 17.0 Å². The Hall–Kier alpha value is -1.69. The zero-order valence-corrected chi connectivity index (χ0v) is 12.5. The minimum Gasteiger partial charge on any atom is -0.340 e. The summed E-state index contributed by atoms with van der Waals surface area (Å²) in [5.74, 6) is 0.349. The third-order valence-electron chi connectivity index (χ3n) is 3.75. The number of H-pyrrole nitrogens is 1. The van der Waals surface area contributed by atoms with Gasteiger partial charge in [0.05, 0.1) is 10.7 Å². The molecule has 106 valence electrons. The molecule has 1 aliphatic carbocycles. The Morgan fingerprint density at radius 2 is 2.45 bits per heavy atom. The average Bonchev–Trinajstić information content (AvgIpc) is 3.06. The Balaban J connectivity index is 1.74. The van der Waals surface area contributed by atoms with E-state index in [-0.39, 0.29) is 5.91 Å². The second-order valence-electron chi connectivity index (χ2n) is 5.29. The van der Waals surface area contributed by atoms with Crippen molar-refractivity contribution in [2.24, 2.45) is 0 Å². The highest BCUT2D eigenvalue weighted by Gasteiger charge is 2.26. The normalized spacial score (nSPS) is 17.8. The first kappa shape index (κ1) is 13.3. The van der Waals surface area contributed by atoms with Crippen LogP contribution < -0.4 is 0 Å². The van der Waals surface area contributed by atoms with Gasteiger partial charge in [-0.15, -0.1) is 11.3 Å². The number of aromatic amines is 1. The smallest absolute Gasteiger partial charge is 0.271 e. The maximum Gasteiger partial charge on any atom is 0.271 e. The standard InChI is InChI=1S/C14H18N4OS/c1-9-16-13-10(4-3-5-12(13)20-9)8-18(2)14(19)11-6-7-15-17-11/h6-7,10H,3-5,8H2,1-2H3,(H,15,17)/t10-/m0/s1. The highest BCUT2D eigenvalue weighted by molar-refractivity contribution is 7.11. The lowest BCUT2D eigenvalue weighted by molar-refractivity contribution is 0.0777. The first-order valence-electron chi connectivity index (χ1n) is 6.86. The third-order valence-corrected chi connectivity index (χ3v) is 4.80. The molecule has 0 saturated carbocycles. The van der Waals surface area contributed by atoms with Gasteiger partial charge in [-0.1, -0.05) is 0 Å². The van der Waals surface area contributed by atoms with Crippen molar-refractivity contribution in [2.75, 3.05) is 13.6 Å². The van der Waals surface area contributed by atoms with Crippen molar-refractivity contribution in [1.82, 2.24) is 20.1 Å². The molecule has 6 heteroatoms. The van der Waals surface area contributed by atoms with Gasteiger partial charge in [0.1, 0.15) is 5.69 Å². The lowest BCUT2D eigenvalue weighted by Gasteiger charge is -2.26. The average molecular weight is 290 g/mol. The quantitative estimate of drug-likeness (QED) is 0.944. The van der Waals surface area contributed by atoms with Crippen LogP contribution in [0.25, 0.3) is 0 Å². The molecule has 1 amide bonds. The fourth-order valence-corrected chi connectivity index (χ4v) is 3.86. The molecule has 0 aliphatic heterocycles. The van der Waals surface area contributed by atoms with Crippen LogP contribution in [0.2, 0.25) is 0 Å². The van der Waals surface area contributed by atoms with Gasteiger partial charge in [0.2, 0.25) is 0 Å². The summed E-state index contributed by atoms with van der Waals surface area (Å²) >= 11 is 1.80. The van der Waals surface area contributed by atoms with Gasteiger partial charge < -0.3 is 4.90 Å². The predicted octanol–water partition coefficient (Wildman–Crippen LogP) is 2.37. The Kier molecular flexibility index (Phi) is 3.56. The number of hydrogen-bond acceptors (Lipinski definition) is 4. The van der Waals surface area contributed by atoms with E-state index in [4.69, 9.17) is 0 Å². The molecule has 2 aromatic heterocycles. The fourth-order valence-electron chi connectivity index (χ4n) is 2.80. The number of hydrogen-bond donors (Lipinski definition) is 1. The van der Waals surface area contributed by atoms with E-state index in [0.29, 0.717) is 18.2 Å². The summed E-state index contributed by atoms with van der Waals surface area (Å²) in [6, 6.07) is 1.71. The van der Waals surface area contributed by atoms with Crippen molar-refractivity contribution in [3.05, 3.63) is 33.5 Å². The number of carbonyl (C=O) groups excluding carboxylic acids is 1. The molecule has 0 radical (unpaired) electrons. The number of fused-ring (bicyclic) bond motifs is 1. The van der Waals surface area contributed by atoms with Crippen LogP contribution in [0.3, 0.4) is 0 Å². The Bertz CT molecular complexity index is 605. The van der Waals surface area contributed by atoms with Crippen LogP contribution in [0.1, 0.15) is 44.8 Å². The topological polar surface area (TPSA) is 61.9 Å². The molecule has 0 fully saturated rings. The van der Waals surface area contributed by atoms with E-state index in [1.807, 2.05) is 7.05 Å². The van der Waals surface area contributed by atoms with Crippen LogP contribution in [-0.4, -0.2) is 39.6 Å². The van der Waals surface area contributed by atoms with Crippen molar-refractivity contribution in [3.63, 3.8) is 0 Å². The maximum absolute atomic E-state index is 12.2. The number of aromatic nitrogens is 3. The molecular weight excluding hydrogens is 272 g/mol. The summed E-state index contributed by atoms with van der Waals surface area (Å²) in [7, 11) is 1.84. The molecule has 1 N–H and O–H groups in total. The number of aryl methyl sites for hydroxylation is 2. The molecule has 1 atom stereocenters. The predicted molar refractivity (Wildman–Crippen MR) is 78.1 cm³/mol. The van der Waals surface area contributed by atoms with Gasteiger partial charge in [0.25, 0.3) is 5.91 Å². The van der Waals surface area contributed by atoms with Gasteiger partial charge in [-0.2, -0.15) is 5.10 Å². The summed E-state index contributed by atoms with van der Waals surface area (Å²) < 4.78 is 0. The number of likely N-dealkylation sites (N-methyl/N-ethyl adjacent to an activating group) is 1. The minimum absolute atomic E-state index is 0.0124. The summed E-state index contributed by atoms with van der Waals surface area (Å²) in [6.07, 6.45) is 5.03. The summed E-state index contributed by atoms with van der Waals surface area (Å²) in [5, 5.41) is 7.68. The summed E-state index contributed by atoms with van der Waals surface area (Å²) in [4.78, 5) is 20.1. The van der Waals surface area contributed by atoms with Crippen LogP contribution in [0.5, 0.6) is 0 Å². The molecule has 0 spiro atoms. The van der Waals surface area contributed by atoms with Crippen LogP contribution in [0, 0.1) is 6.92 Å². The van der Waals surface area contributed by atoms with Crippen LogP contribution in [0.4, 0.5) is 0 Å². The van der Waals surface area contributed by atoms with Crippen molar-refractivity contribution < 1.29 is 4.79 Å². The molecule has 0 saturated heterocycles. The highest BCUT2D eigenvalue weighted by Crippen LogP contribution is 2.35. The van der Waals surface area contributed by atoms with Gasteiger partial charge in [-0.05, 0) is 32.3 Å². The molecule has 0 bridgehead atoms. The van der Waals surface area contributed by atoms with E-state index in [2.05, 4.69) is 22.1 Å². The first-order valence-corrected chi connectivity index (χ1v) is 7.68. The monoisotopic (exact) mass is 290 g/mol. The molecule has 0 unspecified atom stereocenters. The number of rotatable bonds is 3. The second-order valence-corrected chi connectivity index (χ2v) is 6.57. The minimum atomic E-state index is -0.0124. The van der Waals surface area contributed by atoms with Gasteiger partial charge in [0, 0.05) is 30.6 Å². The Morgan fingerprint density at radius 1 is 1.60 bits per heavy atom. The largest absolute Gasteiger partial charge is 0.340 e. The number of nitrogens with zero attached hydrogens (tertiary/aromatic N) is 3. The van der Waals surface area contributed by atoms with Crippen molar-refractivity contribution in [3.8, 4) is 0 Å². The van der Waals surface area contributed by atoms with Crippen molar-refractivity contribution in [1.29, 1.82) is 0 Å². The van der Waals surface area contributed by atoms with Crippen LogP contribution in [0.15, 0.2) is 12.3 Å². The number of carbonyl (C=O) groups is 1. The highest BCUT2D eigenvalue weighted by atomic mass is 32.1. The number of thiazole rings is 1. The van der Waals surface area contributed by atoms with E-state index < -0.39 is 0 Å². The lowest BCUT2D eigenvalue weighted by atomic mass is 9.90. The summed E-state index contributed by atoms with van der Waals surface area (Å²) in [6.45, 7) is 2.77. The van der Waals surface area contributed by atoms with Crippen molar-refractivity contribution in [2.45, 2.75) is 32.1 Å². The lowest BCUT2D eigenvalue weighted by Crippen LogP contribution is -2.32. The Labute approximate surface area is 122 Å². The zero-order valence-electron chi connectivity index (χ0n) is 11.7. The SMILES string of the molecule is Cc1nc2c(s1)CCC[C@H]2CN(C)C(=O)c1ccn[nH]1. The maximum atomic E-state index is 12.2. The van der Waals surface area contributed by atoms with Gasteiger partial charge in [0.15, 0.2) is 0 Å². The van der Waals surface area contributed by atoms with Crippen LogP contribution >= 0.6 is 11.3 Å². The van der Waals surface area contributed by atoms with Crippen molar-refractivity contribution >= 4 is 17.2 Å². The first-order chi connectivity index (χ1) is 9.65. The molecule has 5 nitrogen and oxygen atoms in total. The molecule has 20 heavy (non-hydrogen) atoms. The summed E-state index contributed by atoms with van der Waals surface area (Å²) in [5.41, 5.74) is 1.75. The second kappa shape index (κ2) is 5.36. The van der Waals surface area contributed by atoms with Gasteiger partial charge >= 0.3 is 0 Å². The van der Waals surface area contributed by atoms with E-state index in [0.717, 1.165) is 17.8 Å². The van der Waals surface area contributed by atoms with E-state index in [9.17, 15) is 4.79 Å². The molecular formula is C14H18N4OS. The third kappa shape index (κ3) is 2.47.